The molecule has 0 saturated heterocycles. The van der Waals surface area contributed by atoms with E-state index in [1.54, 1.807) is 30.3 Å². The summed E-state index contributed by atoms with van der Waals surface area (Å²) in [6.07, 6.45) is -3.62. The van der Waals surface area contributed by atoms with E-state index in [4.69, 9.17) is 0 Å². The molecule has 3 rings (SSSR count). The van der Waals surface area contributed by atoms with Crippen LogP contribution < -0.4 is 4.72 Å². The number of fused-ring (bicyclic) bond motifs is 1. The Hall–Kier alpha value is -2.61. The van der Waals surface area contributed by atoms with Crippen molar-refractivity contribution in [3.8, 4) is 0 Å². The average Bonchev–Trinajstić information content (AvgIpc) is 2.53. The van der Waals surface area contributed by atoms with E-state index >= 15 is 0 Å². The molecule has 4 nitrogen and oxygen atoms in total. The zero-order valence-corrected chi connectivity index (χ0v) is 12.9. The van der Waals surface area contributed by atoms with E-state index in [2.05, 4.69) is 4.98 Å². The van der Waals surface area contributed by atoms with Crippen LogP contribution in [0, 0.1) is 0 Å². The third-order valence-corrected chi connectivity index (χ3v) is 4.71. The van der Waals surface area contributed by atoms with E-state index < -0.39 is 27.6 Å². The molecule has 1 N–H and O–H groups in total. The van der Waals surface area contributed by atoms with Crippen LogP contribution in [-0.4, -0.2) is 13.4 Å². The Balaban J connectivity index is 2.02. The molecule has 0 aliphatic carbocycles. The van der Waals surface area contributed by atoms with E-state index in [-0.39, 0.29) is 4.90 Å². The predicted molar refractivity (Wildman–Crippen MR) is 84.0 cm³/mol. The van der Waals surface area contributed by atoms with Gasteiger partial charge in [0.15, 0.2) is 5.82 Å². The van der Waals surface area contributed by atoms with Gasteiger partial charge in [0.05, 0.1) is 10.5 Å². The molecule has 0 spiro atoms. The number of aromatic nitrogens is 1. The number of hydrogen-bond donors (Lipinski definition) is 1. The molecule has 0 aliphatic heterocycles. The van der Waals surface area contributed by atoms with Crippen LogP contribution in [0.4, 0.5) is 19.0 Å². The molecular weight excluding hydrogens is 341 g/mol. The molecule has 1 aromatic heterocycles. The van der Waals surface area contributed by atoms with Gasteiger partial charge in [-0.05, 0) is 35.0 Å². The van der Waals surface area contributed by atoms with Gasteiger partial charge in [-0.25, -0.2) is 13.4 Å². The highest BCUT2D eigenvalue weighted by Crippen LogP contribution is 2.34. The predicted octanol–water partition coefficient (Wildman–Crippen LogP) is 4.05. The number of nitrogens with zero attached hydrogens (tertiary/aromatic N) is 1. The first-order valence-electron chi connectivity index (χ1n) is 6.81. The lowest BCUT2D eigenvalue weighted by Gasteiger charge is -2.13. The van der Waals surface area contributed by atoms with E-state index in [1.807, 2.05) is 4.72 Å². The van der Waals surface area contributed by atoms with Gasteiger partial charge in [0, 0.05) is 6.20 Å². The van der Waals surface area contributed by atoms with Crippen LogP contribution in [-0.2, 0) is 16.2 Å². The summed E-state index contributed by atoms with van der Waals surface area (Å²) >= 11 is 0. The van der Waals surface area contributed by atoms with Crippen molar-refractivity contribution in [1.82, 2.24) is 4.98 Å². The van der Waals surface area contributed by atoms with Crippen molar-refractivity contribution in [3.05, 3.63) is 66.4 Å². The maximum Gasteiger partial charge on any atom is 0.419 e. The van der Waals surface area contributed by atoms with Crippen LogP contribution in [0.15, 0.2) is 65.7 Å². The summed E-state index contributed by atoms with van der Waals surface area (Å²) in [7, 11) is -4.20. The van der Waals surface area contributed by atoms with E-state index in [1.165, 1.54) is 12.1 Å². The Morgan fingerprint density at radius 3 is 2.33 bits per heavy atom. The number of rotatable bonds is 3. The second kappa shape index (κ2) is 5.79. The van der Waals surface area contributed by atoms with Crippen molar-refractivity contribution in [1.29, 1.82) is 0 Å². The number of hydrogen-bond acceptors (Lipinski definition) is 3. The molecule has 24 heavy (non-hydrogen) atoms. The summed E-state index contributed by atoms with van der Waals surface area (Å²) in [5.41, 5.74) is -1.14. The van der Waals surface area contributed by atoms with Crippen molar-refractivity contribution in [3.63, 3.8) is 0 Å². The normalized spacial score (nSPS) is 12.3. The van der Waals surface area contributed by atoms with Gasteiger partial charge in [-0.15, -0.1) is 0 Å². The standard InChI is InChI=1S/C16H11F3N2O2S/c17-16(18,19)14-6-3-9-20-15(14)21-24(22,23)13-8-7-11-4-1-2-5-12(11)10-13/h1-10H,(H,20,21). The van der Waals surface area contributed by atoms with Crippen LogP contribution in [0.3, 0.4) is 0 Å². The number of pyridine rings is 1. The second-order valence-electron chi connectivity index (χ2n) is 5.01. The Labute approximate surface area is 136 Å². The Bertz CT molecular complexity index is 1000. The summed E-state index contributed by atoms with van der Waals surface area (Å²) in [4.78, 5) is 3.37. The van der Waals surface area contributed by atoms with Crippen molar-refractivity contribution >= 4 is 26.6 Å². The molecule has 0 bridgehead atoms. The molecule has 124 valence electrons. The van der Waals surface area contributed by atoms with Crippen LogP contribution in [0.2, 0.25) is 0 Å². The van der Waals surface area contributed by atoms with E-state index in [0.29, 0.717) is 5.39 Å². The fraction of sp³-hybridized carbons (Fsp3) is 0.0625. The molecule has 0 unspecified atom stereocenters. The van der Waals surface area contributed by atoms with Gasteiger partial charge in [0.2, 0.25) is 0 Å². The highest BCUT2D eigenvalue weighted by Gasteiger charge is 2.35. The maximum atomic E-state index is 13.0. The van der Waals surface area contributed by atoms with Gasteiger partial charge in [-0.3, -0.25) is 4.72 Å². The monoisotopic (exact) mass is 352 g/mol. The molecular formula is C16H11F3N2O2S. The Morgan fingerprint density at radius 2 is 1.62 bits per heavy atom. The molecule has 0 radical (unpaired) electrons. The van der Waals surface area contributed by atoms with Crippen LogP contribution >= 0.6 is 0 Å². The molecule has 2 aromatic carbocycles. The third-order valence-electron chi connectivity index (χ3n) is 3.38. The SMILES string of the molecule is O=S(=O)(Nc1ncccc1C(F)(F)F)c1ccc2ccccc2c1. The van der Waals surface area contributed by atoms with Gasteiger partial charge in [0.25, 0.3) is 10.0 Å². The summed E-state index contributed by atoms with van der Waals surface area (Å²) in [5.74, 6) is -0.752. The minimum Gasteiger partial charge on any atom is -0.263 e. The smallest absolute Gasteiger partial charge is 0.263 e. The van der Waals surface area contributed by atoms with Gasteiger partial charge < -0.3 is 0 Å². The van der Waals surface area contributed by atoms with Crippen molar-refractivity contribution in [2.45, 2.75) is 11.1 Å². The van der Waals surface area contributed by atoms with Gasteiger partial charge in [-0.1, -0.05) is 30.3 Å². The molecule has 1 heterocycles. The lowest BCUT2D eigenvalue weighted by Crippen LogP contribution is -2.18. The van der Waals surface area contributed by atoms with Crippen molar-refractivity contribution < 1.29 is 21.6 Å². The lowest BCUT2D eigenvalue weighted by molar-refractivity contribution is -0.137. The fourth-order valence-electron chi connectivity index (χ4n) is 2.24. The zero-order chi connectivity index (χ0) is 17.4. The zero-order valence-electron chi connectivity index (χ0n) is 12.1. The Kier molecular flexibility index (Phi) is 3.92. The topological polar surface area (TPSA) is 59.1 Å². The Morgan fingerprint density at radius 1 is 0.917 bits per heavy atom. The first-order chi connectivity index (χ1) is 11.3. The fourth-order valence-corrected chi connectivity index (χ4v) is 3.30. The van der Waals surface area contributed by atoms with Gasteiger partial charge in [-0.2, -0.15) is 13.2 Å². The van der Waals surface area contributed by atoms with Crippen LogP contribution in [0.5, 0.6) is 0 Å². The number of nitrogens with one attached hydrogen (secondary N) is 1. The quantitative estimate of drug-likeness (QED) is 0.773. The highest BCUT2D eigenvalue weighted by molar-refractivity contribution is 7.92. The number of anilines is 1. The second-order valence-corrected chi connectivity index (χ2v) is 6.69. The molecule has 0 aliphatic rings. The maximum absolute atomic E-state index is 13.0. The van der Waals surface area contributed by atoms with Crippen LogP contribution in [0.1, 0.15) is 5.56 Å². The van der Waals surface area contributed by atoms with Crippen LogP contribution in [0.25, 0.3) is 10.8 Å². The summed E-state index contributed by atoms with van der Waals surface area (Å²) in [6, 6.07) is 13.3. The molecule has 3 aromatic rings. The molecule has 0 amide bonds. The number of sulfonamides is 1. The first kappa shape index (κ1) is 16.3. The lowest BCUT2D eigenvalue weighted by atomic mass is 10.1. The third kappa shape index (κ3) is 3.18. The van der Waals surface area contributed by atoms with E-state index in [9.17, 15) is 21.6 Å². The number of halogens is 3. The molecule has 0 fully saturated rings. The summed E-state index contributed by atoms with van der Waals surface area (Å²) < 4.78 is 65.6. The van der Waals surface area contributed by atoms with E-state index in [0.717, 1.165) is 23.7 Å². The molecule has 0 saturated carbocycles. The van der Waals surface area contributed by atoms with Gasteiger partial charge >= 0.3 is 6.18 Å². The number of alkyl halides is 3. The largest absolute Gasteiger partial charge is 0.419 e. The minimum atomic E-state index is -4.71. The highest BCUT2D eigenvalue weighted by atomic mass is 32.2. The average molecular weight is 352 g/mol. The summed E-state index contributed by atoms with van der Waals surface area (Å²) in [6.45, 7) is 0. The minimum absolute atomic E-state index is 0.139. The molecule has 8 heteroatoms. The first-order valence-corrected chi connectivity index (χ1v) is 8.29. The van der Waals surface area contributed by atoms with Crippen molar-refractivity contribution in [2.24, 2.45) is 0 Å². The summed E-state index contributed by atoms with van der Waals surface area (Å²) in [5, 5.41) is 1.49. The number of benzene rings is 2. The molecule has 0 atom stereocenters. The van der Waals surface area contributed by atoms with Crippen molar-refractivity contribution in [2.75, 3.05) is 4.72 Å². The van der Waals surface area contributed by atoms with Gasteiger partial charge in [0.1, 0.15) is 0 Å².